The highest BCUT2D eigenvalue weighted by molar-refractivity contribution is 5.40. The maximum Gasteiger partial charge on any atom is 0.127 e. The second-order valence-electron chi connectivity index (χ2n) is 6.19. The van der Waals surface area contributed by atoms with Gasteiger partial charge in [0.15, 0.2) is 0 Å². The Labute approximate surface area is 114 Å². The standard InChI is InChI=1S/C16H22FNO/c1-3-6-18-14-10-16(8-11(2)9-16)19-15-7-12(17)4-5-13(14)15/h4-5,7,11,14,18H,3,6,8-10H2,1-2H3. The Morgan fingerprint density at radius 3 is 2.84 bits per heavy atom. The first-order chi connectivity index (χ1) is 9.12. The number of hydrogen-bond acceptors (Lipinski definition) is 2. The molecule has 2 aliphatic rings. The molecule has 0 aromatic heterocycles. The normalized spacial score (nSPS) is 32.6. The molecule has 0 amide bonds. The van der Waals surface area contributed by atoms with Crippen molar-refractivity contribution in [3.63, 3.8) is 0 Å². The summed E-state index contributed by atoms with van der Waals surface area (Å²) in [7, 11) is 0. The van der Waals surface area contributed by atoms with Crippen molar-refractivity contribution in [1.82, 2.24) is 5.32 Å². The van der Waals surface area contributed by atoms with Crippen LogP contribution in [0.4, 0.5) is 4.39 Å². The zero-order chi connectivity index (χ0) is 13.5. The third kappa shape index (κ3) is 2.36. The van der Waals surface area contributed by atoms with Crippen LogP contribution in [0.25, 0.3) is 0 Å². The van der Waals surface area contributed by atoms with Crippen LogP contribution in [0, 0.1) is 11.7 Å². The topological polar surface area (TPSA) is 21.3 Å². The minimum absolute atomic E-state index is 0.0500. The van der Waals surface area contributed by atoms with E-state index in [4.69, 9.17) is 4.74 Å². The van der Waals surface area contributed by atoms with Crippen molar-refractivity contribution in [1.29, 1.82) is 0 Å². The summed E-state index contributed by atoms with van der Waals surface area (Å²) in [5, 5.41) is 3.58. The van der Waals surface area contributed by atoms with Crippen LogP contribution in [-0.4, -0.2) is 12.1 Å². The van der Waals surface area contributed by atoms with E-state index in [0.29, 0.717) is 6.04 Å². The van der Waals surface area contributed by atoms with Crippen LogP contribution in [0.5, 0.6) is 5.75 Å². The van der Waals surface area contributed by atoms with Gasteiger partial charge in [0.2, 0.25) is 0 Å². The number of benzene rings is 1. The maximum atomic E-state index is 13.4. The molecule has 1 atom stereocenters. The van der Waals surface area contributed by atoms with E-state index in [-0.39, 0.29) is 11.4 Å². The van der Waals surface area contributed by atoms with E-state index >= 15 is 0 Å². The largest absolute Gasteiger partial charge is 0.487 e. The first kappa shape index (κ1) is 12.9. The van der Waals surface area contributed by atoms with Crippen molar-refractivity contribution in [2.24, 2.45) is 5.92 Å². The summed E-state index contributed by atoms with van der Waals surface area (Å²) in [4.78, 5) is 0. The monoisotopic (exact) mass is 263 g/mol. The SMILES string of the molecule is CCCNC1CC2(CC(C)C2)Oc2cc(F)ccc21. The molecular formula is C16H22FNO. The average Bonchev–Trinajstić information content (AvgIpc) is 2.33. The molecule has 3 heteroatoms. The van der Waals surface area contributed by atoms with Gasteiger partial charge >= 0.3 is 0 Å². The molecule has 104 valence electrons. The molecule has 1 aromatic carbocycles. The fraction of sp³-hybridized carbons (Fsp3) is 0.625. The second-order valence-corrected chi connectivity index (χ2v) is 6.19. The summed E-state index contributed by atoms with van der Waals surface area (Å²) in [6.45, 7) is 5.41. The zero-order valence-corrected chi connectivity index (χ0v) is 11.7. The highest BCUT2D eigenvalue weighted by Crippen LogP contribution is 2.51. The van der Waals surface area contributed by atoms with E-state index in [9.17, 15) is 4.39 Å². The van der Waals surface area contributed by atoms with E-state index in [1.54, 1.807) is 6.07 Å². The summed E-state index contributed by atoms with van der Waals surface area (Å²) < 4.78 is 19.6. The van der Waals surface area contributed by atoms with E-state index in [0.717, 1.165) is 49.5 Å². The van der Waals surface area contributed by atoms with Gasteiger partial charge in [-0.2, -0.15) is 0 Å². The molecule has 1 saturated carbocycles. The quantitative estimate of drug-likeness (QED) is 0.895. The molecule has 1 aromatic rings. The van der Waals surface area contributed by atoms with E-state index in [2.05, 4.69) is 19.2 Å². The van der Waals surface area contributed by atoms with Crippen molar-refractivity contribution < 1.29 is 9.13 Å². The molecule has 1 aliphatic carbocycles. The van der Waals surface area contributed by atoms with Crippen LogP contribution in [-0.2, 0) is 0 Å². The Morgan fingerprint density at radius 1 is 1.37 bits per heavy atom. The highest BCUT2D eigenvalue weighted by Gasteiger charge is 2.49. The first-order valence-electron chi connectivity index (χ1n) is 7.34. The van der Waals surface area contributed by atoms with Gasteiger partial charge in [-0.15, -0.1) is 0 Å². The molecule has 0 radical (unpaired) electrons. The number of nitrogens with one attached hydrogen (secondary N) is 1. The molecule has 0 saturated heterocycles. The van der Waals surface area contributed by atoms with Crippen molar-refractivity contribution in [3.05, 3.63) is 29.6 Å². The first-order valence-corrected chi connectivity index (χ1v) is 7.34. The summed E-state index contributed by atoms with van der Waals surface area (Å²) in [5.41, 5.74) is 1.06. The molecule has 1 unspecified atom stereocenters. The van der Waals surface area contributed by atoms with Crippen molar-refractivity contribution in [3.8, 4) is 5.75 Å². The van der Waals surface area contributed by atoms with Gasteiger partial charge in [-0.1, -0.05) is 19.9 Å². The minimum Gasteiger partial charge on any atom is -0.487 e. The van der Waals surface area contributed by atoms with Crippen molar-refractivity contribution in [2.75, 3.05) is 6.54 Å². The average molecular weight is 263 g/mol. The van der Waals surface area contributed by atoms with Gasteiger partial charge in [0.25, 0.3) is 0 Å². The second kappa shape index (κ2) is 4.78. The lowest BCUT2D eigenvalue weighted by Gasteiger charge is -2.51. The Balaban J connectivity index is 1.88. The van der Waals surface area contributed by atoms with Crippen molar-refractivity contribution >= 4 is 0 Å². The molecule has 0 bridgehead atoms. The van der Waals surface area contributed by atoms with E-state index in [1.807, 2.05) is 6.07 Å². The van der Waals surface area contributed by atoms with Gasteiger partial charge in [0.05, 0.1) is 0 Å². The molecule has 19 heavy (non-hydrogen) atoms. The molecule has 2 nitrogen and oxygen atoms in total. The van der Waals surface area contributed by atoms with E-state index in [1.165, 1.54) is 6.07 Å². The lowest BCUT2D eigenvalue weighted by molar-refractivity contribution is -0.0691. The molecule has 1 heterocycles. The van der Waals surface area contributed by atoms with Crippen molar-refractivity contribution in [2.45, 2.75) is 51.2 Å². The van der Waals surface area contributed by atoms with Gasteiger partial charge in [-0.05, 0) is 37.8 Å². The minimum atomic E-state index is -0.211. The van der Waals surface area contributed by atoms with E-state index < -0.39 is 0 Å². The Hall–Kier alpha value is -1.09. The number of fused-ring (bicyclic) bond motifs is 1. The number of hydrogen-bond donors (Lipinski definition) is 1. The molecular weight excluding hydrogens is 241 g/mol. The summed E-state index contributed by atoms with van der Waals surface area (Å²) in [5.74, 6) is 1.26. The predicted molar refractivity (Wildman–Crippen MR) is 73.8 cm³/mol. The Morgan fingerprint density at radius 2 is 2.16 bits per heavy atom. The van der Waals surface area contributed by atoms with Crippen LogP contribution < -0.4 is 10.1 Å². The molecule has 1 spiro atoms. The van der Waals surface area contributed by atoms with Crippen LogP contribution in [0.15, 0.2) is 18.2 Å². The summed E-state index contributed by atoms with van der Waals surface area (Å²) in [6, 6.07) is 5.24. The highest BCUT2D eigenvalue weighted by atomic mass is 19.1. The smallest absolute Gasteiger partial charge is 0.127 e. The lowest BCUT2D eigenvalue weighted by Crippen LogP contribution is -2.52. The van der Waals surface area contributed by atoms with Crippen LogP contribution in [0.1, 0.15) is 51.1 Å². The fourth-order valence-electron chi connectivity index (χ4n) is 3.60. The van der Waals surface area contributed by atoms with Gasteiger partial charge in [-0.3, -0.25) is 0 Å². The number of ether oxygens (including phenoxy) is 1. The number of halogens is 1. The summed E-state index contributed by atoms with van der Waals surface area (Å²) >= 11 is 0. The van der Waals surface area contributed by atoms with Gasteiger partial charge in [0, 0.05) is 24.1 Å². The molecule has 1 N–H and O–H groups in total. The fourth-order valence-corrected chi connectivity index (χ4v) is 3.60. The zero-order valence-electron chi connectivity index (χ0n) is 11.7. The number of rotatable bonds is 3. The van der Waals surface area contributed by atoms with Gasteiger partial charge in [0.1, 0.15) is 17.2 Å². The van der Waals surface area contributed by atoms with Gasteiger partial charge < -0.3 is 10.1 Å². The van der Waals surface area contributed by atoms with Crippen LogP contribution in [0.2, 0.25) is 0 Å². The van der Waals surface area contributed by atoms with Crippen LogP contribution in [0.3, 0.4) is 0 Å². The summed E-state index contributed by atoms with van der Waals surface area (Å²) in [6.07, 6.45) is 4.30. The van der Waals surface area contributed by atoms with Crippen LogP contribution >= 0.6 is 0 Å². The predicted octanol–water partition coefficient (Wildman–Crippen LogP) is 3.82. The Bertz CT molecular complexity index is 468. The lowest BCUT2D eigenvalue weighted by atomic mass is 9.67. The third-order valence-corrected chi connectivity index (χ3v) is 4.34. The molecule has 1 fully saturated rings. The molecule has 3 rings (SSSR count). The molecule has 1 aliphatic heterocycles. The van der Waals surface area contributed by atoms with Gasteiger partial charge in [-0.25, -0.2) is 4.39 Å². The maximum absolute atomic E-state index is 13.4. The third-order valence-electron chi connectivity index (χ3n) is 4.34. The Kier molecular flexibility index (Phi) is 3.25.